The molecule has 0 aliphatic heterocycles. The predicted octanol–water partition coefficient (Wildman–Crippen LogP) is 0.469. The molecule has 0 bridgehead atoms. The second-order valence-electron chi connectivity index (χ2n) is 4.19. The number of hydrogen-bond acceptors (Lipinski definition) is 3. The average molecular weight is 256 g/mol. The molecule has 0 saturated carbocycles. The van der Waals surface area contributed by atoms with Crippen LogP contribution in [0.5, 0.6) is 0 Å². The molecule has 19 heavy (non-hydrogen) atoms. The number of rotatable bonds is 5. The smallest absolute Gasteiger partial charge is 0.205 e. The number of aromatic nitrogens is 1. The summed E-state index contributed by atoms with van der Waals surface area (Å²) in [6.07, 6.45) is 5.00. The first-order chi connectivity index (χ1) is 9.29. The minimum absolute atomic E-state index is 0.162. The van der Waals surface area contributed by atoms with Crippen molar-refractivity contribution in [2.45, 2.75) is 12.8 Å². The van der Waals surface area contributed by atoms with E-state index in [-0.39, 0.29) is 12.5 Å². The van der Waals surface area contributed by atoms with E-state index in [1.807, 2.05) is 30.3 Å². The minimum atomic E-state index is -0.273. The van der Waals surface area contributed by atoms with Gasteiger partial charge in [0.1, 0.15) is 0 Å². The lowest BCUT2D eigenvalue weighted by Gasteiger charge is -2.06. The van der Waals surface area contributed by atoms with Crippen LogP contribution in [0.15, 0.2) is 60.0 Å². The summed E-state index contributed by atoms with van der Waals surface area (Å²) in [4.78, 5) is 0. The second-order valence-corrected chi connectivity index (χ2v) is 4.19. The summed E-state index contributed by atoms with van der Waals surface area (Å²) in [6, 6.07) is 12.8. The highest BCUT2D eigenvalue weighted by Crippen LogP contribution is 2.00. The van der Waals surface area contributed by atoms with Gasteiger partial charge in [0.2, 0.25) is 12.4 Å². The molecular formula is C15H16N2O2. The Hall–Kier alpha value is -2.20. The number of aliphatic hydroxyl groups excluding tert-OH is 1. The number of hydrogen-bond donors (Lipinski definition) is 1. The molecular weight excluding hydrogens is 240 g/mol. The fraction of sp³-hybridized carbons (Fsp3) is 0.200. The first-order valence-electron chi connectivity index (χ1n) is 6.22. The summed E-state index contributed by atoms with van der Waals surface area (Å²) < 4.78 is 1.52. The first kappa shape index (κ1) is 13.2. The van der Waals surface area contributed by atoms with Crippen molar-refractivity contribution in [3.8, 4) is 0 Å². The topological polar surface area (TPSA) is 59.5 Å². The third kappa shape index (κ3) is 3.89. The number of benzene rings is 1. The van der Waals surface area contributed by atoms with E-state index in [0.717, 1.165) is 12.0 Å². The molecule has 1 N–H and O–H groups in total. The zero-order chi connectivity index (χ0) is 13.5. The summed E-state index contributed by atoms with van der Waals surface area (Å²) in [5, 5.41) is 24.7. The van der Waals surface area contributed by atoms with Crippen LogP contribution in [0.3, 0.4) is 0 Å². The van der Waals surface area contributed by atoms with Crippen LogP contribution in [-0.4, -0.2) is 17.6 Å². The largest absolute Gasteiger partial charge is 0.854 e. The molecule has 2 rings (SSSR count). The molecule has 1 aromatic heterocycles. The van der Waals surface area contributed by atoms with Crippen LogP contribution in [0.1, 0.15) is 17.5 Å². The van der Waals surface area contributed by atoms with Gasteiger partial charge >= 0.3 is 0 Å². The molecule has 0 fully saturated rings. The van der Waals surface area contributed by atoms with Gasteiger partial charge in [-0.15, -0.1) is 0 Å². The Kier molecular flexibility index (Phi) is 4.64. The first-order valence-corrected chi connectivity index (χ1v) is 6.22. The molecule has 4 heteroatoms. The molecule has 98 valence electrons. The van der Waals surface area contributed by atoms with Gasteiger partial charge in [0.05, 0.1) is 5.90 Å². The zero-order valence-electron chi connectivity index (χ0n) is 10.6. The van der Waals surface area contributed by atoms with Gasteiger partial charge in [0.25, 0.3) is 0 Å². The quantitative estimate of drug-likeness (QED) is 0.480. The Labute approximate surface area is 112 Å². The molecule has 0 radical (unpaired) electrons. The van der Waals surface area contributed by atoms with E-state index in [0.29, 0.717) is 12.0 Å². The van der Waals surface area contributed by atoms with Gasteiger partial charge in [-0.25, -0.2) is 0 Å². The summed E-state index contributed by atoms with van der Waals surface area (Å²) in [7, 11) is 0. The Bertz CT molecular complexity index is 553. The van der Waals surface area contributed by atoms with Crippen molar-refractivity contribution in [2.24, 2.45) is 5.10 Å². The maximum absolute atomic E-state index is 11.9. The fourth-order valence-corrected chi connectivity index (χ4v) is 1.75. The summed E-state index contributed by atoms with van der Waals surface area (Å²) in [5.74, 6) is -0.273. The molecule has 0 aliphatic rings. The summed E-state index contributed by atoms with van der Waals surface area (Å²) >= 11 is 0. The van der Waals surface area contributed by atoms with Crippen LogP contribution >= 0.6 is 0 Å². The predicted molar refractivity (Wildman–Crippen MR) is 70.4 cm³/mol. The Morgan fingerprint density at radius 3 is 2.68 bits per heavy atom. The van der Waals surface area contributed by atoms with E-state index in [1.165, 1.54) is 4.68 Å². The zero-order valence-corrected chi connectivity index (χ0v) is 10.6. The normalized spacial score (nSPS) is 11.5. The van der Waals surface area contributed by atoms with Gasteiger partial charge in [0, 0.05) is 18.2 Å². The number of aliphatic hydroxyl groups is 1. The highest BCUT2D eigenvalue weighted by Gasteiger charge is 2.02. The van der Waals surface area contributed by atoms with E-state index < -0.39 is 0 Å². The second kappa shape index (κ2) is 6.66. The molecule has 0 unspecified atom stereocenters. The van der Waals surface area contributed by atoms with Gasteiger partial charge in [-0.05, 0) is 29.6 Å². The Morgan fingerprint density at radius 1 is 1.16 bits per heavy atom. The third-order valence-corrected chi connectivity index (χ3v) is 2.70. The Balaban J connectivity index is 2.18. The van der Waals surface area contributed by atoms with Crippen LogP contribution in [-0.2, 0) is 6.42 Å². The molecule has 0 amide bonds. The van der Waals surface area contributed by atoms with Gasteiger partial charge < -0.3 is 10.2 Å². The van der Waals surface area contributed by atoms with Gasteiger partial charge in [-0.1, -0.05) is 35.0 Å². The van der Waals surface area contributed by atoms with Crippen LogP contribution in [0.25, 0.3) is 0 Å². The molecule has 2 aromatic rings. The number of pyridine rings is 1. The van der Waals surface area contributed by atoms with Crippen LogP contribution in [0.2, 0.25) is 0 Å². The van der Waals surface area contributed by atoms with Crippen molar-refractivity contribution in [1.82, 2.24) is 0 Å². The van der Waals surface area contributed by atoms with Crippen molar-refractivity contribution >= 4 is 5.90 Å². The molecule has 1 aromatic carbocycles. The van der Waals surface area contributed by atoms with Crippen LogP contribution in [0, 0.1) is 0 Å². The van der Waals surface area contributed by atoms with E-state index in [4.69, 9.17) is 5.11 Å². The summed E-state index contributed by atoms with van der Waals surface area (Å²) in [5.41, 5.74) is 1.61. The fourth-order valence-electron chi connectivity index (χ4n) is 1.75. The van der Waals surface area contributed by atoms with Crippen molar-refractivity contribution in [3.05, 3.63) is 66.0 Å². The SMILES string of the molecule is [O-]/C(=N\[n+]1cccc(CCCO)c1)c1ccccc1. The van der Waals surface area contributed by atoms with Gasteiger partial charge in [-0.2, -0.15) is 0 Å². The number of aryl methyl sites for hydroxylation is 1. The molecule has 0 saturated heterocycles. The molecule has 0 spiro atoms. The third-order valence-electron chi connectivity index (χ3n) is 2.70. The Morgan fingerprint density at radius 2 is 1.95 bits per heavy atom. The maximum Gasteiger partial charge on any atom is 0.205 e. The van der Waals surface area contributed by atoms with Crippen molar-refractivity contribution in [3.63, 3.8) is 0 Å². The van der Waals surface area contributed by atoms with Gasteiger partial charge in [-0.3, -0.25) is 0 Å². The van der Waals surface area contributed by atoms with Crippen LogP contribution in [0.4, 0.5) is 0 Å². The van der Waals surface area contributed by atoms with E-state index >= 15 is 0 Å². The van der Waals surface area contributed by atoms with E-state index in [9.17, 15) is 5.11 Å². The highest BCUT2D eigenvalue weighted by molar-refractivity contribution is 5.89. The van der Waals surface area contributed by atoms with Crippen molar-refractivity contribution < 1.29 is 14.9 Å². The van der Waals surface area contributed by atoms with Crippen molar-refractivity contribution in [2.75, 3.05) is 6.61 Å². The van der Waals surface area contributed by atoms with Crippen LogP contribution < -0.4 is 9.78 Å². The van der Waals surface area contributed by atoms with Crippen molar-refractivity contribution in [1.29, 1.82) is 0 Å². The molecule has 1 heterocycles. The minimum Gasteiger partial charge on any atom is -0.854 e. The standard InChI is InChI=1S/C15H16N2O2/c18-11-5-7-13-6-4-10-17(12-13)16-15(19)14-8-2-1-3-9-14/h1-4,6,8-10,12,18H,5,7,11H2. The average Bonchev–Trinajstić information content (AvgIpc) is 2.46. The lowest BCUT2D eigenvalue weighted by atomic mass is 10.2. The lowest BCUT2D eigenvalue weighted by molar-refractivity contribution is -0.681. The van der Waals surface area contributed by atoms with E-state index in [1.54, 1.807) is 24.5 Å². The lowest BCUT2D eigenvalue weighted by Crippen LogP contribution is -2.33. The summed E-state index contributed by atoms with van der Waals surface area (Å²) in [6.45, 7) is 0.162. The monoisotopic (exact) mass is 256 g/mol. The van der Waals surface area contributed by atoms with Gasteiger partial charge in [0.15, 0.2) is 0 Å². The highest BCUT2D eigenvalue weighted by atomic mass is 16.3. The molecule has 0 atom stereocenters. The molecule has 0 aliphatic carbocycles. The molecule has 4 nitrogen and oxygen atoms in total. The number of nitrogens with zero attached hydrogens (tertiary/aromatic N) is 2. The van der Waals surface area contributed by atoms with E-state index in [2.05, 4.69) is 5.10 Å². The maximum atomic E-state index is 11.9.